The number of hydrogen-bond donors (Lipinski definition) is 1. The minimum absolute atomic E-state index is 0.0130. The Balaban J connectivity index is 1.75. The number of carbonyl (C=O) groups excluding carboxylic acids is 1. The van der Waals surface area contributed by atoms with Gasteiger partial charge in [0.05, 0.1) is 12.0 Å². The van der Waals surface area contributed by atoms with E-state index in [1.165, 1.54) is 0 Å². The van der Waals surface area contributed by atoms with Crippen LogP contribution in [0.1, 0.15) is 44.6 Å². The van der Waals surface area contributed by atoms with Gasteiger partial charge in [-0.2, -0.15) is 0 Å². The van der Waals surface area contributed by atoms with Gasteiger partial charge in [-0.05, 0) is 43.6 Å². The van der Waals surface area contributed by atoms with E-state index in [4.69, 9.17) is 4.74 Å². The molecule has 1 aromatic carbocycles. The maximum Gasteiger partial charge on any atom is 0.309 e. The molecule has 3 heteroatoms. The van der Waals surface area contributed by atoms with E-state index in [0.717, 1.165) is 37.7 Å². The lowest BCUT2D eigenvalue weighted by molar-refractivity contribution is -0.151. The predicted molar refractivity (Wildman–Crippen MR) is 78.0 cm³/mol. The monoisotopic (exact) mass is 276 g/mol. The molecule has 1 aliphatic rings. The van der Waals surface area contributed by atoms with Crippen LogP contribution in [0.2, 0.25) is 0 Å². The number of aliphatic hydroxyl groups excluding tert-OH is 1. The first-order valence-corrected chi connectivity index (χ1v) is 7.59. The van der Waals surface area contributed by atoms with Gasteiger partial charge in [-0.3, -0.25) is 4.79 Å². The summed E-state index contributed by atoms with van der Waals surface area (Å²) >= 11 is 0. The van der Waals surface area contributed by atoms with Crippen LogP contribution in [0.25, 0.3) is 0 Å². The van der Waals surface area contributed by atoms with Crippen molar-refractivity contribution in [2.45, 2.75) is 51.7 Å². The minimum atomic E-state index is -0.212. The summed E-state index contributed by atoms with van der Waals surface area (Å²) in [5.41, 5.74) is 1.02. The van der Waals surface area contributed by atoms with Crippen LogP contribution in [0.3, 0.4) is 0 Å². The molecule has 2 rings (SSSR count). The van der Waals surface area contributed by atoms with Crippen LogP contribution in [0.15, 0.2) is 30.3 Å². The van der Waals surface area contributed by atoms with Crippen LogP contribution in [0.5, 0.6) is 0 Å². The Morgan fingerprint density at radius 2 is 1.90 bits per heavy atom. The summed E-state index contributed by atoms with van der Waals surface area (Å²) in [7, 11) is 0. The predicted octanol–water partition coefficient (Wildman–Crippen LogP) is 3.31. The van der Waals surface area contributed by atoms with Gasteiger partial charge in [0.1, 0.15) is 6.61 Å². The van der Waals surface area contributed by atoms with E-state index >= 15 is 0 Å². The molecule has 1 N–H and O–H groups in total. The maximum atomic E-state index is 12.0. The van der Waals surface area contributed by atoms with Crippen molar-refractivity contribution in [3.8, 4) is 0 Å². The lowest BCUT2D eigenvalue weighted by atomic mass is 9.79. The van der Waals surface area contributed by atoms with Crippen molar-refractivity contribution in [1.29, 1.82) is 0 Å². The van der Waals surface area contributed by atoms with E-state index < -0.39 is 0 Å². The number of carbonyl (C=O) groups is 1. The first kappa shape index (κ1) is 15.0. The highest BCUT2D eigenvalue weighted by Gasteiger charge is 2.30. The minimum Gasteiger partial charge on any atom is -0.461 e. The fourth-order valence-corrected chi connectivity index (χ4v) is 2.92. The molecule has 0 aliphatic heterocycles. The largest absolute Gasteiger partial charge is 0.461 e. The van der Waals surface area contributed by atoms with Gasteiger partial charge in [-0.1, -0.05) is 37.3 Å². The van der Waals surface area contributed by atoms with Gasteiger partial charge in [0.2, 0.25) is 0 Å². The standard InChI is InChI=1S/C17H24O3/c1-2-16(18)14-8-10-15(11-9-14)17(19)20-12-13-6-4-3-5-7-13/h3-7,14-16,18H,2,8-12H2,1H3. The molecule has 1 unspecified atom stereocenters. The van der Waals surface area contributed by atoms with E-state index in [1.54, 1.807) is 0 Å². The lowest BCUT2D eigenvalue weighted by Crippen LogP contribution is -2.29. The number of benzene rings is 1. The highest BCUT2D eigenvalue weighted by Crippen LogP contribution is 2.32. The Morgan fingerprint density at radius 1 is 1.25 bits per heavy atom. The van der Waals surface area contributed by atoms with Crippen molar-refractivity contribution in [1.82, 2.24) is 0 Å². The first-order chi connectivity index (χ1) is 9.70. The zero-order valence-electron chi connectivity index (χ0n) is 12.1. The molecule has 110 valence electrons. The van der Waals surface area contributed by atoms with Gasteiger partial charge >= 0.3 is 5.97 Å². The molecule has 0 aromatic heterocycles. The summed E-state index contributed by atoms with van der Waals surface area (Å²) in [6.07, 6.45) is 4.13. The Hall–Kier alpha value is -1.35. The van der Waals surface area contributed by atoms with Crippen LogP contribution in [0.4, 0.5) is 0 Å². The highest BCUT2D eigenvalue weighted by atomic mass is 16.5. The molecule has 20 heavy (non-hydrogen) atoms. The zero-order chi connectivity index (χ0) is 14.4. The molecule has 0 saturated heterocycles. The first-order valence-electron chi connectivity index (χ1n) is 7.59. The molecule has 1 aromatic rings. The van der Waals surface area contributed by atoms with Crippen LogP contribution in [-0.4, -0.2) is 17.2 Å². The van der Waals surface area contributed by atoms with Crippen molar-refractivity contribution in [3.63, 3.8) is 0 Å². The number of aliphatic hydroxyl groups is 1. The summed E-state index contributed by atoms with van der Waals surface area (Å²) in [6.45, 7) is 2.36. The Bertz CT molecular complexity index is 408. The molecule has 0 heterocycles. The molecule has 3 nitrogen and oxygen atoms in total. The van der Waals surface area contributed by atoms with Crippen LogP contribution in [0, 0.1) is 11.8 Å². The molecular weight excluding hydrogens is 252 g/mol. The smallest absolute Gasteiger partial charge is 0.309 e. The van der Waals surface area contributed by atoms with Crippen LogP contribution < -0.4 is 0 Å². The van der Waals surface area contributed by atoms with E-state index in [2.05, 4.69) is 0 Å². The van der Waals surface area contributed by atoms with Crippen molar-refractivity contribution in [2.24, 2.45) is 11.8 Å². The van der Waals surface area contributed by atoms with Gasteiger partial charge in [0.15, 0.2) is 0 Å². The topological polar surface area (TPSA) is 46.5 Å². The van der Waals surface area contributed by atoms with E-state index in [-0.39, 0.29) is 18.0 Å². The summed E-state index contributed by atoms with van der Waals surface area (Å²) < 4.78 is 5.39. The molecule has 0 spiro atoms. The van der Waals surface area contributed by atoms with Gasteiger partial charge in [0.25, 0.3) is 0 Å². The average Bonchev–Trinajstić information content (AvgIpc) is 2.53. The van der Waals surface area contributed by atoms with E-state index in [1.807, 2.05) is 37.3 Å². The van der Waals surface area contributed by atoms with Gasteiger partial charge in [-0.25, -0.2) is 0 Å². The Labute approximate surface area is 121 Å². The normalized spacial score (nSPS) is 24.1. The van der Waals surface area contributed by atoms with Crippen molar-refractivity contribution in [2.75, 3.05) is 0 Å². The second kappa shape index (κ2) is 7.44. The molecule has 1 fully saturated rings. The number of hydrogen-bond acceptors (Lipinski definition) is 3. The van der Waals surface area contributed by atoms with Crippen molar-refractivity contribution < 1.29 is 14.6 Å². The van der Waals surface area contributed by atoms with Crippen molar-refractivity contribution >= 4 is 5.97 Å². The molecule has 1 atom stereocenters. The van der Waals surface area contributed by atoms with Crippen LogP contribution in [-0.2, 0) is 16.1 Å². The zero-order valence-corrected chi connectivity index (χ0v) is 12.1. The molecule has 0 amide bonds. The molecule has 0 radical (unpaired) electrons. The average molecular weight is 276 g/mol. The van der Waals surface area contributed by atoms with E-state index in [0.29, 0.717) is 12.5 Å². The summed E-state index contributed by atoms with van der Waals surface area (Å²) in [5.74, 6) is 0.287. The summed E-state index contributed by atoms with van der Waals surface area (Å²) in [6, 6.07) is 9.76. The highest BCUT2D eigenvalue weighted by molar-refractivity contribution is 5.72. The van der Waals surface area contributed by atoms with Gasteiger partial charge < -0.3 is 9.84 Å². The Kier molecular flexibility index (Phi) is 5.60. The molecule has 1 saturated carbocycles. The Morgan fingerprint density at radius 3 is 2.50 bits per heavy atom. The SMILES string of the molecule is CCC(O)C1CCC(C(=O)OCc2ccccc2)CC1. The maximum absolute atomic E-state index is 12.0. The summed E-state index contributed by atoms with van der Waals surface area (Å²) in [4.78, 5) is 12.0. The molecule has 0 bridgehead atoms. The third kappa shape index (κ3) is 4.07. The molecular formula is C17H24O3. The quantitative estimate of drug-likeness (QED) is 0.839. The fourth-order valence-electron chi connectivity index (χ4n) is 2.92. The van der Waals surface area contributed by atoms with Gasteiger partial charge in [-0.15, -0.1) is 0 Å². The molecule has 1 aliphatic carbocycles. The second-order valence-corrected chi connectivity index (χ2v) is 5.68. The van der Waals surface area contributed by atoms with Gasteiger partial charge in [0, 0.05) is 0 Å². The van der Waals surface area contributed by atoms with Crippen LogP contribution >= 0.6 is 0 Å². The number of esters is 1. The lowest BCUT2D eigenvalue weighted by Gasteiger charge is -2.30. The van der Waals surface area contributed by atoms with Crippen molar-refractivity contribution in [3.05, 3.63) is 35.9 Å². The fraction of sp³-hybridized carbons (Fsp3) is 0.588. The third-order valence-electron chi connectivity index (χ3n) is 4.29. The van der Waals surface area contributed by atoms with E-state index in [9.17, 15) is 9.90 Å². The summed E-state index contributed by atoms with van der Waals surface area (Å²) in [5, 5.41) is 9.84. The number of ether oxygens (including phenoxy) is 1. The third-order valence-corrected chi connectivity index (χ3v) is 4.29. The second-order valence-electron chi connectivity index (χ2n) is 5.68. The number of rotatable bonds is 5.